The maximum absolute atomic E-state index is 12.6. The Morgan fingerprint density at radius 2 is 2.11 bits per heavy atom. The van der Waals surface area contributed by atoms with Crippen LogP contribution in [-0.4, -0.2) is 61.9 Å². The third-order valence-electron chi connectivity index (χ3n) is 5.20. The monoisotopic (exact) mass is 380 g/mol. The number of aromatic nitrogens is 4. The van der Waals surface area contributed by atoms with E-state index in [-0.39, 0.29) is 18.4 Å². The zero-order valence-electron chi connectivity index (χ0n) is 15.9. The second-order valence-corrected chi connectivity index (χ2v) is 7.19. The summed E-state index contributed by atoms with van der Waals surface area (Å²) in [5.41, 5.74) is 2.56. The molecule has 2 N–H and O–H groups in total. The molecule has 1 amide bonds. The zero-order chi connectivity index (χ0) is 19.5. The molecule has 28 heavy (non-hydrogen) atoms. The van der Waals surface area contributed by atoms with Gasteiger partial charge in [0.15, 0.2) is 0 Å². The van der Waals surface area contributed by atoms with Crippen LogP contribution in [0, 0.1) is 5.92 Å². The van der Waals surface area contributed by atoms with Crippen molar-refractivity contribution in [3.8, 4) is 11.3 Å². The summed E-state index contributed by atoms with van der Waals surface area (Å²) >= 11 is 0. The standard InChI is InChI=1S/C20H24N6O2/c1-25-13-16(12-22-25)17-3-2-15-11-21-19(10-18(15)23-17)24-20(28)14-4-6-26(7-5-14)8-9-27/h2-3,10-14,27H,4-9H2,1H3,(H,21,24,28). The van der Waals surface area contributed by atoms with Gasteiger partial charge in [-0.2, -0.15) is 5.10 Å². The summed E-state index contributed by atoms with van der Waals surface area (Å²) in [6.07, 6.45) is 7.02. The summed E-state index contributed by atoms with van der Waals surface area (Å²) in [6.45, 7) is 2.50. The van der Waals surface area contributed by atoms with Gasteiger partial charge in [-0.25, -0.2) is 9.97 Å². The van der Waals surface area contributed by atoms with E-state index >= 15 is 0 Å². The number of hydrogen-bond donors (Lipinski definition) is 2. The van der Waals surface area contributed by atoms with Gasteiger partial charge in [0.2, 0.25) is 5.91 Å². The number of amides is 1. The number of carbonyl (C=O) groups excluding carboxylic acids is 1. The van der Waals surface area contributed by atoms with E-state index < -0.39 is 0 Å². The molecule has 0 bridgehead atoms. The fourth-order valence-corrected chi connectivity index (χ4v) is 3.59. The van der Waals surface area contributed by atoms with Crippen molar-refractivity contribution in [3.63, 3.8) is 0 Å². The predicted molar refractivity (Wildman–Crippen MR) is 107 cm³/mol. The average Bonchev–Trinajstić information content (AvgIpc) is 3.14. The minimum absolute atomic E-state index is 0.00101. The summed E-state index contributed by atoms with van der Waals surface area (Å²) < 4.78 is 1.74. The molecule has 1 saturated heterocycles. The van der Waals surface area contributed by atoms with Crippen molar-refractivity contribution in [1.29, 1.82) is 0 Å². The number of rotatable bonds is 5. The SMILES string of the molecule is Cn1cc(-c2ccc3cnc(NC(=O)C4CCN(CCO)CC4)cc3n2)cn1. The maximum atomic E-state index is 12.6. The van der Waals surface area contributed by atoms with Crippen LogP contribution in [0.1, 0.15) is 12.8 Å². The number of nitrogens with zero attached hydrogens (tertiary/aromatic N) is 5. The molecule has 1 fully saturated rings. The third-order valence-corrected chi connectivity index (χ3v) is 5.20. The van der Waals surface area contributed by atoms with Gasteiger partial charge >= 0.3 is 0 Å². The van der Waals surface area contributed by atoms with E-state index in [0.29, 0.717) is 12.4 Å². The van der Waals surface area contributed by atoms with Crippen LogP contribution in [0.25, 0.3) is 22.2 Å². The van der Waals surface area contributed by atoms with Crippen LogP contribution in [-0.2, 0) is 11.8 Å². The molecule has 0 unspecified atom stereocenters. The fourth-order valence-electron chi connectivity index (χ4n) is 3.59. The second kappa shape index (κ2) is 8.04. The number of aryl methyl sites for hydroxylation is 1. The lowest BCUT2D eigenvalue weighted by Crippen LogP contribution is -2.39. The normalized spacial score (nSPS) is 15.8. The van der Waals surface area contributed by atoms with E-state index in [9.17, 15) is 4.79 Å². The molecule has 146 valence electrons. The van der Waals surface area contributed by atoms with Crippen LogP contribution >= 0.6 is 0 Å². The summed E-state index contributed by atoms with van der Waals surface area (Å²) in [7, 11) is 1.87. The Bertz CT molecular complexity index is 978. The molecule has 0 aromatic carbocycles. The topological polar surface area (TPSA) is 96.2 Å². The third kappa shape index (κ3) is 4.02. The Kier molecular flexibility index (Phi) is 5.31. The van der Waals surface area contributed by atoms with Gasteiger partial charge in [-0.15, -0.1) is 0 Å². The van der Waals surface area contributed by atoms with Crippen molar-refractivity contribution in [3.05, 3.63) is 36.8 Å². The molecule has 8 nitrogen and oxygen atoms in total. The number of nitrogens with one attached hydrogen (secondary N) is 1. The highest BCUT2D eigenvalue weighted by molar-refractivity contribution is 5.93. The number of aliphatic hydroxyl groups excluding tert-OH is 1. The first-order valence-corrected chi connectivity index (χ1v) is 9.52. The summed E-state index contributed by atoms with van der Waals surface area (Å²) in [5, 5.41) is 17.1. The smallest absolute Gasteiger partial charge is 0.228 e. The van der Waals surface area contributed by atoms with E-state index in [1.165, 1.54) is 0 Å². The van der Waals surface area contributed by atoms with Gasteiger partial charge < -0.3 is 15.3 Å². The van der Waals surface area contributed by atoms with E-state index in [1.807, 2.05) is 31.4 Å². The Labute approximate surface area is 163 Å². The van der Waals surface area contributed by atoms with Crippen LogP contribution in [0.4, 0.5) is 5.82 Å². The molecule has 1 aliphatic heterocycles. The number of pyridine rings is 2. The highest BCUT2D eigenvalue weighted by Crippen LogP contribution is 2.23. The number of hydrogen-bond acceptors (Lipinski definition) is 6. The maximum Gasteiger partial charge on any atom is 0.228 e. The first kappa shape index (κ1) is 18.5. The minimum Gasteiger partial charge on any atom is -0.395 e. The van der Waals surface area contributed by atoms with Crippen LogP contribution in [0.5, 0.6) is 0 Å². The van der Waals surface area contributed by atoms with Crippen molar-refractivity contribution >= 4 is 22.6 Å². The molecule has 0 saturated carbocycles. The Morgan fingerprint density at radius 1 is 1.29 bits per heavy atom. The van der Waals surface area contributed by atoms with E-state index in [0.717, 1.165) is 48.1 Å². The summed E-state index contributed by atoms with van der Waals surface area (Å²) in [5.74, 6) is 0.493. The Morgan fingerprint density at radius 3 is 2.82 bits per heavy atom. The zero-order valence-corrected chi connectivity index (χ0v) is 15.9. The summed E-state index contributed by atoms with van der Waals surface area (Å²) in [4.78, 5) is 23.8. The molecule has 0 atom stereocenters. The highest BCUT2D eigenvalue weighted by Gasteiger charge is 2.25. The number of fused-ring (bicyclic) bond motifs is 1. The highest BCUT2D eigenvalue weighted by atomic mass is 16.3. The number of piperidine rings is 1. The van der Waals surface area contributed by atoms with Gasteiger partial charge in [0.25, 0.3) is 0 Å². The van der Waals surface area contributed by atoms with Gasteiger partial charge in [-0.1, -0.05) is 0 Å². The lowest BCUT2D eigenvalue weighted by molar-refractivity contribution is -0.121. The molecular formula is C20H24N6O2. The molecule has 1 aliphatic rings. The van der Waals surface area contributed by atoms with E-state index in [1.54, 1.807) is 17.1 Å². The lowest BCUT2D eigenvalue weighted by atomic mass is 9.96. The number of anilines is 1. The second-order valence-electron chi connectivity index (χ2n) is 7.19. The number of carbonyl (C=O) groups is 1. The first-order chi connectivity index (χ1) is 13.6. The largest absolute Gasteiger partial charge is 0.395 e. The summed E-state index contributed by atoms with van der Waals surface area (Å²) in [6, 6.07) is 5.73. The van der Waals surface area contributed by atoms with Crippen molar-refractivity contribution < 1.29 is 9.90 Å². The van der Waals surface area contributed by atoms with Gasteiger partial charge in [0, 0.05) is 48.9 Å². The predicted octanol–water partition coefficient (Wildman–Crippen LogP) is 1.67. The quantitative estimate of drug-likeness (QED) is 0.699. The average molecular weight is 380 g/mol. The molecular weight excluding hydrogens is 356 g/mol. The molecule has 3 aromatic rings. The molecule has 4 rings (SSSR count). The molecule has 0 radical (unpaired) electrons. The molecule has 0 spiro atoms. The van der Waals surface area contributed by atoms with Crippen LogP contribution in [0.15, 0.2) is 36.8 Å². The molecule has 3 aromatic heterocycles. The number of β-amino-alcohol motifs (C(OH)–C–C–N with tert-alkyl or cyclic N) is 1. The van der Waals surface area contributed by atoms with Crippen molar-refractivity contribution in [2.45, 2.75) is 12.8 Å². The van der Waals surface area contributed by atoms with Crippen molar-refractivity contribution in [2.24, 2.45) is 13.0 Å². The van der Waals surface area contributed by atoms with Crippen LogP contribution in [0.2, 0.25) is 0 Å². The first-order valence-electron chi connectivity index (χ1n) is 9.52. The van der Waals surface area contributed by atoms with E-state index in [4.69, 9.17) is 10.1 Å². The van der Waals surface area contributed by atoms with Gasteiger partial charge in [-0.3, -0.25) is 9.48 Å². The van der Waals surface area contributed by atoms with Crippen LogP contribution < -0.4 is 5.32 Å². The van der Waals surface area contributed by atoms with Crippen molar-refractivity contribution in [1.82, 2.24) is 24.6 Å². The molecule has 0 aliphatic carbocycles. The fraction of sp³-hybridized carbons (Fsp3) is 0.400. The van der Waals surface area contributed by atoms with Gasteiger partial charge in [0.05, 0.1) is 24.0 Å². The number of aliphatic hydroxyl groups is 1. The van der Waals surface area contributed by atoms with Crippen molar-refractivity contribution in [2.75, 3.05) is 31.6 Å². The Hall–Kier alpha value is -2.84. The van der Waals surface area contributed by atoms with Gasteiger partial charge in [0.1, 0.15) is 5.82 Å². The molecule has 4 heterocycles. The Balaban J connectivity index is 1.47. The number of likely N-dealkylation sites (tertiary alicyclic amines) is 1. The molecule has 8 heteroatoms. The van der Waals surface area contributed by atoms with E-state index in [2.05, 4.69) is 20.3 Å². The van der Waals surface area contributed by atoms with Gasteiger partial charge in [-0.05, 0) is 38.1 Å². The van der Waals surface area contributed by atoms with Crippen LogP contribution in [0.3, 0.4) is 0 Å². The lowest BCUT2D eigenvalue weighted by Gasteiger charge is -2.30. The minimum atomic E-state index is -0.0258.